The summed E-state index contributed by atoms with van der Waals surface area (Å²) in [5, 5.41) is 4.17. The molecule has 0 saturated carbocycles. The largest absolute Gasteiger partial charge is 0.377 e. The van der Waals surface area contributed by atoms with Crippen molar-refractivity contribution in [3.05, 3.63) is 64.7 Å². The maximum Gasteiger partial charge on any atom is 0.0650 e. The number of nitrogens with one attached hydrogen (secondary N) is 1. The number of rotatable bonds is 5. The van der Waals surface area contributed by atoms with Crippen LogP contribution in [0.5, 0.6) is 0 Å². The monoisotopic (exact) mass is 274 g/mol. The van der Waals surface area contributed by atoms with E-state index < -0.39 is 0 Å². The lowest BCUT2D eigenvalue weighted by atomic mass is 10.1. The number of benzene rings is 2. The second-order valence-corrected chi connectivity index (χ2v) is 4.91. The molecule has 0 fully saturated rings. The number of aryl methyl sites for hydroxylation is 1. The van der Waals surface area contributed by atoms with E-state index in [4.69, 9.17) is 17.3 Å². The Hall–Kier alpha value is -1.51. The molecular weight excluding hydrogens is 256 g/mol. The molecule has 0 aliphatic rings. The van der Waals surface area contributed by atoms with Crippen molar-refractivity contribution in [2.45, 2.75) is 19.4 Å². The van der Waals surface area contributed by atoms with Gasteiger partial charge in [0, 0.05) is 17.3 Å². The van der Waals surface area contributed by atoms with Crippen LogP contribution < -0.4 is 11.1 Å². The number of hydrogen-bond acceptors (Lipinski definition) is 2. The summed E-state index contributed by atoms with van der Waals surface area (Å²) < 4.78 is 0. The van der Waals surface area contributed by atoms with E-state index in [1.54, 1.807) is 0 Å². The maximum absolute atomic E-state index is 6.22. The van der Waals surface area contributed by atoms with E-state index in [9.17, 15) is 0 Å². The summed E-state index contributed by atoms with van der Waals surface area (Å²) in [6, 6.07) is 16.2. The lowest BCUT2D eigenvalue weighted by molar-refractivity contribution is 0.790. The van der Waals surface area contributed by atoms with Crippen molar-refractivity contribution in [3.63, 3.8) is 0 Å². The second kappa shape index (κ2) is 6.60. The van der Waals surface area contributed by atoms with Crippen LogP contribution in [0, 0.1) is 0 Å². The van der Waals surface area contributed by atoms with Gasteiger partial charge in [0.05, 0.1) is 6.04 Å². The van der Waals surface area contributed by atoms with Gasteiger partial charge in [0.1, 0.15) is 0 Å². The van der Waals surface area contributed by atoms with Crippen LogP contribution in [0.25, 0.3) is 0 Å². The summed E-state index contributed by atoms with van der Waals surface area (Å²) in [6.07, 6.45) is 1.05. The Morgan fingerprint density at radius 1 is 1.11 bits per heavy atom. The molecule has 0 aliphatic heterocycles. The van der Waals surface area contributed by atoms with Crippen LogP contribution in [0.1, 0.15) is 24.1 Å². The van der Waals surface area contributed by atoms with E-state index in [1.807, 2.05) is 24.3 Å². The Morgan fingerprint density at radius 3 is 2.37 bits per heavy atom. The lowest BCUT2D eigenvalue weighted by Gasteiger charge is -2.20. The third-order valence-electron chi connectivity index (χ3n) is 3.22. The average Bonchev–Trinajstić information content (AvgIpc) is 2.46. The first kappa shape index (κ1) is 13.9. The molecule has 2 rings (SSSR count). The van der Waals surface area contributed by atoms with Crippen molar-refractivity contribution in [3.8, 4) is 0 Å². The van der Waals surface area contributed by atoms with Gasteiger partial charge in [-0.05, 0) is 35.7 Å². The van der Waals surface area contributed by atoms with Gasteiger partial charge in [-0.3, -0.25) is 0 Å². The van der Waals surface area contributed by atoms with E-state index in [2.05, 4.69) is 36.5 Å². The van der Waals surface area contributed by atoms with Crippen molar-refractivity contribution in [2.75, 3.05) is 11.9 Å². The molecule has 100 valence electrons. The van der Waals surface area contributed by atoms with Gasteiger partial charge in [0.25, 0.3) is 0 Å². The Bertz CT molecular complexity index is 523. The van der Waals surface area contributed by atoms with Crippen molar-refractivity contribution < 1.29 is 0 Å². The molecule has 0 saturated heterocycles. The van der Waals surface area contributed by atoms with Crippen LogP contribution in [-0.4, -0.2) is 6.54 Å². The predicted molar refractivity (Wildman–Crippen MR) is 82.7 cm³/mol. The van der Waals surface area contributed by atoms with E-state index in [0.29, 0.717) is 6.54 Å². The van der Waals surface area contributed by atoms with Crippen LogP contribution in [0.2, 0.25) is 5.02 Å². The summed E-state index contributed by atoms with van der Waals surface area (Å²) in [4.78, 5) is 0. The molecule has 0 aromatic heterocycles. The molecule has 0 spiro atoms. The Labute approximate surface area is 119 Å². The summed E-state index contributed by atoms with van der Waals surface area (Å²) >= 11 is 6.22. The fourth-order valence-electron chi connectivity index (χ4n) is 2.06. The molecular formula is C16H19ClN2. The van der Waals surface area contributed by atoms with Crippen molar-refractivity contribution in [1.82, 2.24) is 0 Å². The molecule has 2 aromatic carbocycles. The molecule has 1 unspecified atom stereocenters. The first-order valence-electron chi connectivity index (χ1n) is 6.54. The minimum absolute atomic E-state index is 0.0289. The van der Waals surface area contributed by atoms with Crippen LogP contribution in [-0.2, 0) is 6.42 Å². The zero-order valence-electron chi connectivity index (χ0n) is 11.1. The predicted octanol–water partition coefficient (Wildman–Crippen LogP) is 4.01. The summed E-state index contributed by atoms with van der Waals surface area (Å²) in [5.41, 5.74) is 9.28. The molecule has 2 nitrogen and oxygen atoms in total. The highest BCUT2D eigenvalue weighted by Crippen LogP contribution is 2.25. The van der Waals surface area contributed by atoms with E-state index in [0.717, 1.165) is 22.7 Å². The fourth-order valence-corrected chi connectivity index (χ4v) is 2.33. The zero-order valence-corrected chi connectivity index (χ0v) is 11.8. The van der Waals surface area contributed by atoms with Gasteiger partial charge in [0.15, 0.2) is 0 Å². The fraction of sp³-hybridized carbons (Fsp3) is 0.250. The van der Waals surface area contributed by atoms with Gasteiger partial charge in [-0.25, -0.2) is 0 Å². The Morgan fingerprint density at radius 2 is 1.79 bits per heavy atom. The Balaban J connectivity index is 2.17. The third kappa shape index (κ3) is 3.49. The minimum atomic E-state index is 0.0289. The first-order valence-corrected chi connectivity index (χ1v) is 6.92. The normalized spacial score (nSPS) is 12.2. The second-order valence-electron chi connectivity index (χ2n) is 4.50. The number of nitrogens with two attached hydrogens (primary N) is 1. The number of hydrogen-bond donors (Lipinski definition) is 2. The van der Waals surface area contributed by atoms with Gasteiger partial charge >= 0.3 is 0 Å². The standard InChI is InChI=1S/C16H19ClN2/c1-2-12-7-9-13(10-8-12)19-16(11-18)14-5-3-4-6-15(14)17/h3-10,16,19H,2,11,18H2,1H3. The van der Waals surface area contributed by atoms with Gasteiger partial charge < -0.3 is 11.1 Å². The Kier molecular flexibility index (Phi) is 4.83. The lowest BCUT2D eigenvalue weighted by Crippen LogP contribution is -2.20. The first-order chi connectivity index (χ1) is 9.24. The quantitative estimate of drug-likeness (QED) is 0.864. The van der Waals surface area contributed by atoms with E-state index in [1.165, 1.54) is 5.56 Å². The summed E-state index contributed by atoms with van der Waals surface area (Å²) in [7, 11) is 0. The van der Waals surface area contributed by atoms with E-state index in [-0.39, 0.29) is 6.04 Å². The SMILES string of the molecule is CCc1ccc(NC(CN)c2ccccc2Cl)cc1. The van der Waals surface area contributed by atoms with Crippen LogP contribution in [0.4, 0.5) is 5.69 Å². The molecule has 0 amide bonds. The van der Waals surface area contributed by atoms with E-state index >= 15 is 0 Å². The van der Waals surface area contributed by atoms with Crippen LogP contribution >= 0.6 is 11.6 Å². The molecule has 3 heteroatoms. The summed E-state index contributed by atoms with van der Waals surface area (Å²) in [6.45, 7) is 2.65. The van der Waals surface area contributed by atoms with Crippen molar-refractivity contribution >= 4 is 17.3 Å². The topological polar surface area (TPSA) is 38.0 Å². The maximum atomic E-state index is 6.22. The van der Waals surface area contributed by atoms with Crippen molar-refractivity contribution in [2.24, 2.45) is 5.73 Å². The highest BCUT2D eigenvalue weighted by atomic mass is 35.5. The molecule has 0 radical (unpaired) electrons. The van der Waals surface area contributed by atoms with Crippen molar-refractivity contribution in [1.29, 1.82) is 0 Å². The molecule has 0 heterocycles. The molecule has 0 bridgehead atoms. The van der Waals surface area contributed by atoms with Crippen LogP contribution in [0.15, 0.2) is 48.5 Å². The van der Waals surface area contributed by atoms with Crippen LogP contribution in [0.3, 0.4) is 0 Å². The highest BCUT2D eigenvalue weighted by Gasteiger charge is 2.12. The van der Waals surface area contributed by atoms with Gasteiger partial charge in [0.2, 0.25) is 0 Å². The molecule has 1 atom stereocenters. The minimum Gasteiger partial charge on any atom is -0.377 e. The molecule has 19 heavy (non-hydrogen) atoms. The molecule has 2 aromatic rings. The molecule has 0 aliphatic carbocycles. The van der Waals surface area contributed by atoms with Gasteiger partial charge in [-0.15, -0.1) is 0 Å². The summed E-state index contributed by atoms with van der Waals surface area (Å²) in [5.74, 6) is 0. The van der Waals surface area contributed by atoms with Gasteiger partial charge in [-0.2, -0.15) is 0 Å². The third-order valence-corrected chi connectivity index (χ3v) is 3.56. The zero-order chi connectivity index (χ0) is 13.7. The number of halogens is 1. The average molecular weight is 275 g/mol. The van der Waals surface area contributed by atoms with Gasteiger partial charge in [-0.1, -0.05) is 48.9 Å². The highest BCUT2D eigenvalue weighted by molar-refractivity contribution is 6.31. The number of anilines is 1. The molecule has 3 N–H and O–H groups in total. The smallest absolute Gasteiger partial charge is 0.0650 e.